The Morgan fingerprint density at radius 3 is 2.12 bits per heavy atom. The Morgan fingerprint density at radius 2 is 1.62 bits per heavy atom. The standard InChI is InChI=1S/C20H22N2O3S/c1-3-12-22(14-17-6-4-16(13-21)5-7-17)20(23)19-10-8-18(9-11-19)15-26(2,24)25/h4-11H,3,12,14-15H2,1-2H3. The summed E-state index contributed by atoms with van der Waals surface area (Å²) in [4.78, 5) is 14.6. The fourth-order valence-electron chi connectivity index (χ4n) is 2.66. The summed E-state index contributed by atoms with van der Waals surface area (Å²) in [5.74, 6) is -0.132. The maximum atomic E-state index is 12.8. The molecular formula is C20H22N2O3S. The highest BCUT2D eigenvalue weighted by atomic mass is 32.2. The highest BCUT2D eigenvalue weighted by Gasteiger charge is 2.16. The van der Waals surface area contributed by atoms with Gasteiger partial charge >= 0.3 is 0 Å². The van der Waals surface area contributed by atoms with Crippen molar-refractivity contribution in [3.05, 3.63) is 70.8 Å². The summed E-state index contributed by atoms with van der Waals surface area (Å²) < 4.78 is 22.7. The van der Waals surface area contributed by atoms with E-state index in [1.807, 2.05) is 19.1 Å². The van der Waals surface area contributed by atoms with E-state index in [1.54, 1.807) is 41.3 Å². The number of sulfone groups is 1. The first-order chi connectivity index (χ1) is 12.3. The molecule has 0 aliphatic heterocycles. The van der Waals surface area contributed by atoms with Gasteiger partial charge in [0.1, 0.15) is 0 Å². The average Bonchev–Trinajstić information content (AvgIpc) is 2.61. The molecule has 0 spiro atoms. The molecule has 6 heteroatoms. The third-order valence-electron chi connectivity index (χ3n) is 3.87. The highest BCUT2D eigenvalue weighted by Crippen LogP contribution is 2.14. The van der Waals surface area contributed by atoms with Gasteiger partial charge in [-0.1, -0.05) is 31.2 Å². The maximum absolute atomic E-state index is 12.8. The van der Waals surface area contributed by atoms with E-state index in [0.717, 1.165) is 12.0 Å². The SMILES string of the molecule is CCCN(Cc1ccc(C#N)cc1)C(=O)c1ccc(CS(C)(=O)=O)cc1. The predicted molar refractivity (Wildman–Crippen MR) is 101 cm³/mol. The second-order valence-corrected chi connectivity index (χ2v) is 8.44. The van der Waals surface area contributed by atoms with Crippen molar-refractivity contribution < 1.29 is 13.2 Å². The van der Waals surface area contributed by atoms with Crippen molar-refractivity contribution in [1.29, 1.82) is 5.26 Å². The van der Waals surface area contributed by atoms with Crippen LogP contribution in [0.15, 0.2) is 48.5 Å². The van der Waals surface area contributed by atoms with Gasteiger partial charge in [-0.15, -0.1) is 0 Å². The Bertz CT molecular complexity index is 896. The van der Waals surface area contributed by atoms with Gasteiger partial charge in [0.05, 0.1) is 17.4 Å². The minimum atomic E-state index is -3.10. The number of nitrogens with zero attached hydrogens (tertiary/aromatic N) is 2. The van der Waals surface area contributed by atoms with Gasteiger partial charge in [0.15, 0.2) is 9.84 Å². The Hall–Kier alpha value is -2.65. The van der Waals surface area contributed by atoms with Crippen LogP contribution in [0.4, 0.5) is 0 Å². The smallest absolute Gasteiger partial charge is 0.254 e. The molecule has 0 atom stereocenters. The van der Waals surface area contributed by atoms with Gasteiger partial charge < -0.3 is 4.90 Å². The maximum Gasteiger partial charge on any atom is 0.254 e. The average molecular weight is 370 g/mol. The van der Waals surface area contributed by atoms with Crippen LogP contribution in [0.2, 0.25) is 0 Å². The molecule has 1 amide bonds. The summed E-state index contributed by atoms with van der Waals surface area (Å²) in [6.07, 6.45) is 2.01. The summed E-state index contributed by atoms with van der Waals surface area (Å²) in [5, 5.41) is 8.87. The highest BCUT2D eigenvalue weighted by molar-refractivity contribution is 7.89. The van der Waals surface area contributed by atoms with E-state index in [1.165, 1.54) is 6.26 Å². The van der Waals surface area contributed by atoms with Crippen LogP contribution >= 0.6 is 0 Å². The number of hydrogen-bond donors (Lipinski definition) is 0. The molecule has 0 aliphatic carbocycles. The molecular weight excluding hydrogens is 348 g/mol. The first-order valence-corrected chi connectivity index (χ1v) is 10.4. The number of amides is 1. The molecule has 0 bridgehead atoms. The first-order valence-electron chi connectivity index (χ1n) is 8.37. The molecule has 2 rings (SSSR count). The van der Waals surface area contributed by atoms with Crippen molar-refractivity contribution in [3.63, 3.8) is 0 Å². The summed E-state index contributed by atoms with van der Waals surface area (Å²) in [6.45, 7) is 3.08. The molecule has 0 saturated heterocycles. The molecule has 2 aromatic carbocycles. The van der Waals surface area contributed by atoms with Gasteiger partial charge in [-0.3, -0.25) is 4.79 Å². The van der Waals surface area contributed by atoms with Crippen LogP contribution < -0.4 is 0 Å². The van der Waals surface area contributed by atoms with Crippen molar-refractivity contribution in [2.75, 3.05) is 12.8 Å². The number of rotatable bonds is 7. The van der Waals surface area contributed by atoms with Crippen LogP contribution in [0.3, 0.4) is 0 Å². The van der Waals surface area contributed by atoms with E-state index in [0.29, 0.717) is 29.8 Å². The van der Waals surface area contributed by atoms with Gasteiger partial charge in [-0.05, 0) is 41.8 Å². The normalized spacial score (nSPS) is 11.0. The van der Waals surface area contributed by atoms with Crippen molar-refractivity contribution in [2.24, 2.45) is 0 Å². The lowest BCUT2D eigenvalue weighted by Crippen LogP contribution is -2.31. The minimum absolute atomic E-state index is 0.0363. The minimum Gasteiger partial charge on any atom is -0.334 e. The molecule has 0 aliphatic rings. The summed E-state index contributed by atoms with van der Waals surface area (Å²) in [6, 6.07) is 16.0. The molecule has 0 fully saturated rings. The molecule has 2 aromatic rings. The molecule has 0 N–H and O–H groups in total. The molecule has 5 nitrogen and oxygen atoms in total. The monoisotopic (exact) mass is 370 g/mol. The Morgan fingerprint density at radius 1 is 1.04 bits per heavy atom. The third kappa shape index (κ3) is 5.71. The molecule has 0 saturated carbocycles. The van der Waals surface area contributed by atoms with Crippen molar-refractivity contribution in [1.82, 2.24) is 4.90 Å². The zero-order chi connectivity index (χ0) is 19.2. The second kappa shape index (κ2) is 8.63. The van der Waals surface area contributed by atoms with E-state index in [9.17, 15) is 13.2 Å². The second-order valence-electron chi connectivity index (χ2n) is 6.30. The van der Waals surface area contributed by atoms with Crippen molar-refractivity contribution in [3.8, 4) is 6.07 Å². The van der Waals surface area contributed by atoms with E-state index in [-0.39, 0.29) is 11.7 Å². The van der Waals surface area contributed by atoms with Gasteiger partial charge in [-0.2, -0.15) is 5.26 Å². The molecule has 0 aromatic heterocycles. The lowest BCUT2D eigenvalue weighted by Gasteiger charge is -2.22. The van der Waals surface area contributed by atoms with Crippen LogP contribution in [0, 0.1) is 11.3 Å². The molecule has 0 heterocycles. The van der Waals surface area contributed by atoms with Gasteiger partial charge in [-0.25, -0.2) is 8.42 Å². The van der Waals surface area contributed by atoms with Crippen molar-refractivity contribution >= 4 is 15.7 Å². The van der Waals surface area contributed by atoms with E-state index in [2.05, 4.69) is 6.07 Å². The summed E-state index contributed by atoms with van der Waals surface area (Å²) in [5.41, 5.74) is 2.74. The quantitative estimate of drug-likeness (QED) is 0.750. The largest absolute Gasteiger partial charge is 0.334 e. The topological polar surface area (TPSA) is 78.2 Å². The number of hydrogen-bond acceptors (Lipinski definition) is 4. The Labute approximate surface area is 154 Å². The van der Waals surface area contributed by atoms with E-state index in [4.69, 9.17) is 5.26 Å². The van der Waals surface area contributed by atoms with E-state index >= 15 is 0 Å². The summed E-state index contributed by atoms with van der Waals surface area (Å²) in [7, 11) is -3.10. The fourth-order valence-corrected chi connectivity index (χ4v) is 3.45. The van der Waals surface area contributed by atoms with E-state index < -0.39 is 9.84 Å². The van der Waals surface area contributed by atoms with Gasteiger partial charge in [0, 0.05) is 24.9 Å². The van der Waals surface area contributed by atoms with Gasteiger partial charge in [0.2, 0.25) is 0 Å². The van der Waals surface area contributed by atoms with Crippen LogP contribution in [-0.4, -0.2) is 32.0 Å². The summed E-state index contributed by atoms with van der Waals surface area (Å²) >= 11 is 0. The third-order valence-corrected chi connectivity index (χ3v) is 4.72. The van der Waals surface area contributed by atoms with Crippen molar-refractivity contribution in [2.45, 2.75) is 25.6 Å². The Kier molecular flexibility index (Phi) is 6.53. The molecule has 0 radical (unpaired) electrons. The predicted octanol–water partition coefficient (Wildman–Crippen LogP) is 3.16. The van der Waals surface area contributed by atoms with Gasteiger partial charge in [0.25, 0.3) is 5.91 Å². The number of carbonyl (C=O) groups is 1. The molecule has 0 unspecified atom stereocenters. The number of carbonyl (C=O) groups excluding carboxylic acids is 1. The zero-order valence-electron chi connectivity index (χ0n) is 15.0. The Balaban J connectivity index is 2.15. The van der Waals surface area contributed by atoms with Crippen LogP contribution in [0.1, 0.15) is 40.4 Å². The van der Waals surface area contributed by atoms with Crippen LogP contribution in [0.5, 0.6) is 0 Å². The first kappa shape index (κ1) is 19.7. The van der Waals surface area contributed by atoms with Crippen LogP contribution in [-0.2, 0) is 22.1 Å². The van der Waals surface area contributed by atoms with Crippen LogP contribution in [0.25, 0.3) is 0 Å². The zero-order valence-corrected chi connectivity index (χ0v) is 15.8. The molecule has 26 heavy (non-hydrogen) atoms. The lowest BCUT2D eigenvalue weighted by atomic mass is 10.1. The number of benzene rings is 2. The molecule has 136 valence electrons. The fraction of sp³-hybridized carbons (Fsp3) is 0.300. The number of nitriles is 1. The lowest BCUT2D eigenvalue weighted by molar-refractivity contribution is 0.0743.